The van der Waals surface area contributed by atoms with Crippen LogP contribution in [-0.4, -0.2) is 25.2 Å². The Balaban J connectivity index is 2.05. The third-order valence-corrected chi connectivity index (χ3v) is 3.11. The third-order valence-electron chi connectivity index (χ3n) is 2.39. The molecule has 0 fully saturated rings. The molecule has 0 aliphatic rings. The number of benzene rings is 1. The second-order valence-corrected chi connectivity index (χ2v) is 6.68. The first-order valence-electron chi connectivity index (χ1n) is 6.27. The zero-order valence-electron chi connectivity index (χ0n) is 11.2. The van der Waals surface area contributed by atoms with Crippen LogP contribution in [0.2, 0.25) is 13.1 Å². The lowest BCUT2D eigenvalue weighted by molar-refractivity contribution is 0.572. The van der Waals surface area contributed by atoms with Gasteiger partial charge in [0, 0.05) is 18.0 Å². The molecule has 0 unspecified atom stereocenters. The Morgan fingerprint density at radius 2 is 1.89 bits per heavy atom. The number of para-hydroxylation sites is 1. The average molecular weight is 271 g/mol. The van der Waals surface area contributed by atoms with E-state index in [-0.39, 0.29) is 0 Å². The first-order chi connectivity index (χ1) is 9.25. The van der Waals surface area contributed by atoms with Gasteiger partial charge < -0.3 is 4.43 Å². The molecule has 0 radical (unpaired) electrons. The molecular formula is C14H17N3OSi. The van der Waals surface area contributed by atoms with Crippen molar-refractivity contribution < 1.29 is 4.43 Å². The highest BCUT2D eigenvalue weighted by Crippen LogP contribution is 2.19. The first-order valence-corrected chi connectivity index (χ1v) is 9.05. The molecule has 1 aromatic heterocycles. The van der Waals surface area contributed by atoms with Crippen molar-refractivity contribution in [2.24, 2.45) is 4.99 Å². The van der Waals surface area contributed by atoms with Crippen LogP contribution in [0.15, 0.2) is 47.7 Å². The van der Waals surface area contributed by atoms with Crippen LogP contribution in [0.5, 0.6) is 5.75 Å². The average Bonchev–Trinajstić information content (AvgIpc) is 2.41. The molecule has 4 nitrogen and oxygen atoms in total. The minimum Gasteiger partial charge on any atom is -0.547 e. The van der Waals surface area contributed by atoms with E-state index < -0.39 is 9.04 Å². The van der Waals surface area contributed by atoms with E-state index >= 15 is 0 Å². The zero-order chi connectivity index (χ0) is 13.5. The molecule has 0 saturated heterocycles. The van der Waals surface area contributed by atoms with Crippen LogP contribution < -0.4 is 4.43 Å². The highest BCUT2D eigenvalue weighted by molar-refractivity contribution is 6.49. The van der Waals surface area contributed by atoms with Gasteiger partial charge in [0.25, 0.3) is 0 Å². The summed E-state index contributed by atoms with van der Waals surface area (Å²) in [7, 11) is -1.10. The lowest BCUT2D eigenvalue weighted by Crippen LogP contribution is -2.12. The molecule has 0 aliphatic heterocycles. The van der Waals surface area contributed by atoms with Crippen molar-refractivity contribution in [2.75, 3.05) is 0 Å². The van der Waals surface area contributed by atoms with Gasteiger partial charge in [0.1, 0.15) is 5.75 Å². The Labute approximate surface area is 114 Å². The number of aromatic nitrogens is 2. The summed E-state index contributed by atoms with van der Waals surface area (Å²) < 4.78 is 5.88. The van der Waals surface area contributed by atoms with E-state index in [0.29, 0.717) is 12.4 Å². The SMILES string of the molecule is C[SiH](C)Oc1ccccc1CN=Cc1ncccn1. The van der Waals surface area contributed by atoms with Crippen molar-refractivity contribution in [3.8, 4) is 5.75 Å². The molecular weight excluding hydrogens is 254 g/mol. The lowest BCUT2D eigenvalue weighted by Gasteiger charge is -2.12. The van der Waals surface area contributed by atoms with E-state index in [1.54, 1.807) is 24.7 Å². The van der Waals surface area contributed by atoms with Gasteiger partial charge >= 0.3 is 0 Å². The predicted octanol–water partition coefficient (Wildman–Crippen LogP) is 2.46. The van der Waals surface area contributed by atoms with Crippen LogP contribution in [-0.2, 0) is 6.54 Å². The molecule has 19 heavy (non-hydrogen) atoms. The number of rotatable bonds is 5. The summed E-state index contributed by atoms with van der Waals surface area (Å²) in [6.07, 6.45) is 5.09. The second kappa shape index (κ2) is 6.80. The Kier molecular flexibility index (Phi) is 4.80. The molecule has 0 saturated carbocycles. The predicted molar refractivity (Wildman–Crippen MR) is 79.3 cm³/mol. The number of nitrogens with zero attached hydrogens (tertiary/aromatic N) is 3. The fourth-order valence-corrected chi connectivity index (χ4v) is 2.34. The summed E-state index contributed by atoms with van der Waals surface area (Å²) >= 11 is 0. The van der Waals surface area contributed by atoms with E-state index in [1.807, 2.05) is 24.3 Å². The summed E-state index contributed by atoms with van der Waals surface area (Å²) in [5.41, 5.74) is 1.09. The largest absolute Gasteiger partial charge is 0.547 e. The summed E-state index contributed by atoms with van der Waals surface area (Å²) in [6.45, 7) is 4.88. The highest BCUT2D eigenvalue weighted by atomic mass is 28.3. The van der Waals surface area contributed by atoms with Crippen molar-refractivity contribution in [1.29, 1.82) is 0 Å². The van der Waals surface area contributed by atoms with Crippen LogP contribution in [0.3, 0.4) is 0 Å². The minimum atomic E-state index is -1.10. The Bertz CT molecular complexity index is 543. The maximum atomic E-state index is 5.88. The van der Waals surface area contributed by atoms with Crippen molar-refractivity contribution >= 4 is 15.3 Å². The smallest absolute Gasteiger partial charge is 0.229 e. The van der Waals surface area contributed by atoms with Crippen molar-refractivity contribution in [3.05, 3.63) is 54.1 Å². The topological polar surface area (TPSA) is 47.4 Å². The number of hydrogen-bond acceptors (Lipinski definition) is 4. The van der Waals surface area contributed by atoms with Gasteiger partial charge in [0.05, 0.1) is 12.8 Å². The molecule has 0 amide bonds. The van der Waals surface area contributed by atoms with Gasteiger partial charge in [-0.25, -0.2) is 9.97 Å². The fraction of sp³-hybridized carbons (Fsp3) is 0.214. The van der Waals surface area contributed by atoms with E-state index in [9.17, 15) is 0 Å². The molecule has 2 aromatic rings. The van der Waals surface area contributed by atoms with E-state index in [4.69, 9.17) is 4.43 Å². The van der Waals surface area contributed by atoms with Crippen LogP contribution in [0, 0.1) is 0 Å². The first kappa shape index (κ1) is 13.4. The van der Waals surface area contributed by atoms with Gasteiger partial charge in [0.15, 0.2) is 5.82 Å². The molecule has 5 heteroatoms. The molecule has 2 rings (SSSR count). The molecule has 0 spiro atoms. The van der Waals surface area contributed by atoms with Gasteiger partial charge in [-0.3, -0.25) is 4.99 Å². The molecule has 0 N–H and O–H groups in total. The molecule has 1 heterocycles. The maximum Gasteiger partial charge on any atom is 0.229 e. The van der Waals surface area contributed by atoms with E-state index in [1.165, 1.54) is 0 Å². The van der Waals surface area contributed by atoms with Crippen molar-refractivity contribution in [1.82, 2.24) is 9.97 Å². The second-order valence-electron chi connectivity index (χ2n) is 4.35. The standard InChI is InChI=1S/C14H17N3OSi/c1-19(2)18-13-7-4-3-6-12(13)10-15-11-14-16-8-5-9-17-14/h3-9,11,19H,10H2,1-2H3. The summed E-state index contributed by atoms with van der Waals surface area (Å²) in [4.78, 5) is 12.6. The van der Waals surface area contributed by atoms with Crippen molar-refractivity contribution in [3.63, 3.8) is 0 Å². The number of aliphatic imine (C=N–C) groups is 1. The third kappa shape index (κ3) is 4.29. The molecule has 0 bridgehead atoms. The summed E-state index contributed by atoms with van der Waals surface area (Å²) in [5, 5.41) is 0. The van der Waals surface area contributed by atoms with Gasteiger partial charge in [-0.1, -0.05) is 18.2 Å². The normalized spacial score (nSPS) is 11.1. The summed E-state index contributed by atoms with van der Waals surface area (Å²) in [5.74, 6) is 1.56. The van der Waals surface area contributed by atoms with E-state index in [2.05, 4.69) is 28.1 Å². The Morgan fingerprint density at radius 3 is 2.63 bits per heavy atom. The summed E-state index contributed by atoms with van der Waals surface area (Å²) in [6, 6.07) is 9.80. The number of hydrogen-bond donors (Lipinski definition) is 0. The Hall–Kier alpha value is -2.01. The van der Waals surface area contributed by atoms with Crippen LogP contribution >= 0.6 is 0 Å². The zero-order valence-corrected chi connectivity index (χ0v) is 12.3. The molecule has 0 atom stereocenters. The Morgan fingerprint density at radius 1 is 1.16 bits per heavy atom. The highest BCUT2D eigenvalue weighted by Gasteiger charge is 2.04. The van der Waals surface area contributed by atoms with Gasteiger partial charge in [-0.15, -0.1) is 0 Å². The van der Waals surface area contributed by atoms with Gasteiger partial charge in [0.2, 0.25) is 9.04 Å². The van der Waals surface area contributed by atoms with Crippen LogP contribution in [0.1, 0.15) is 11.4 Å². The van der Waals surface area contributed by atoms with Crippen LogP contribution in [0.25, 0.3) is 0 Å². The monoisotopic (exact) mass is 271 g/mol. The van der Waals surface area contributed by atoms with Crippen molar-refractivity contribution in [2.45, 2.75) is 19.6 Å². The van der Waals surface area contributed by atoms with Gasteiger partial charge in [-0.2, -0.15) is 0 Å². The lowest BCUT2D eigenvalue weighted by atomic mass is 10.2. The molecule has 98 valence electrons. The minimum absolute atomic E-state index is 0.579. The van der Waals surface area contributed by atoms with Crippen LogP contribution in [0.4, 0.5) is 0 Å². The van der Waals surface area contributed by atoms with Gasteiger partial charge in [-0.05, 0) is 25.2 Å². The molecule has 0 aliphatic carbocycles. The van der Waals surface area contributed by atoms with E-state index in [0.717, 1.165) is 11.3 Å². The maximum absolute atomic E-state index is 5.88. The molecule has 1 aromatic carbocycles. The quantitative estimate of drug-likeness (QED) is 0.620. The fourth-order valence-electron chi connectivity index (χ4n) is 1.61.